The van der Waals surface area contributed by atoms with Crippen molar-refractivity contribution < 1.29 is 14.0 Å². The van der Waals surface area contributed by atoms with Crippen molar-refractivity contribution in [2.75, 3.05) is 13.1 Å². The molecule has 0 radical (unpaired) electrons. The van der Waals surface area contributed by atoms with Crippen LogP contribution in [0.3, 0.4) is 0 Å². The fourth-order valence-electron chi connectivity index (χ4n) is 5.99. The van der Waals surface area contributed by atoms with E-state index in [9.17, 15) is 19.2 Å². The second-order valence-corrected chi connectivity index (χ2v) is 9.38. The minimum Gasteiger partial charge on any atom is -0.330 e. The maximum Gasteiger partial charge on any atom is 0.242 e. The van der Waals surface area contributed by atoms with Gasteiger partial charge in [-0.1, -0.05) is 19.1 Å². The highest BCUT2D eigenvalue weighted by atomic mass is 19.1. The number of carbonyl (C=O) groups excluding carboxylic acids is 2. The van der Waals surface area contributed by atoms with Crippen molar-refractivity contribution in [3.05, 3.63) is 35.6 Å². The molecule has 5 rings (SSSR count). The predicted molar refractivity (Wildman–Crippen MR) is 111 cm³/mol. The molecule has 2 bridgehead atoms. The lowest BCUT2D eigenvalue weighted by Gasteiger charge is -2.39. The smallest absolute Gasteiger partial charge is 0.242 e. The zero-order valence-corrected chi connectivity index (χ0v) is 17.7. The van der Waals surface area contributed by atoms with Crippen molar-refractivity contribution in [2.24, 2.45) is 11.7 Å². The van der Waals surface area contributed by atoms with Crippen LogP contribution in [0.4, 0.5) is 4.39 Å². The van der Waals surface area contributed by atoms with Gasteiger partial charge in [-0.2, -0.15) is 5.26 Å². The van der Waals surface area contributed by atoms with E-state index in [0.717, 1.165) is 31.2 Å². The van der Waals surface area contributed by atoms with Crippen LogP contribution in [0.1, 0.15) is 44.2 Å². The van der Waals surface area contributed by atoms with E-state index in [2.05, 4.69) is 6.07 Å². The zero-order chi connectivity index (χ0) is 21.9. The Morgan fingerprint density at radius 2 is 2.03 bits per heavy atom. The van der Waals surface area contributed by atoms with Gasteiger partial charge in [0.2, 0.25) is 11.8 Å². The monoisotopic (exact) mass is 425 g/mol. The van der Waals surface area contributed by atoms with Crippen LogP contribution in [-0.2, 0) is 9.59 Å². The quantitative estimate of drug-likeness (QED) is 0.744. The van der Waals surface area contributed by atoms with E-state index in [0.29, 0.717) is 19.0 Å². The molecule has 0 aromatic heterocycles. The number of carbonyl (C=O) groups is 2. The third-order valence-corrected chi connectivity index (χ3v) is 7.55. The molecule has 164 valence electrons. The number of fused-ring (bicyclic) bond motifs is 3. The summed E-state index contributed by atoms with van der Waals surface area (Å²) >= 11 is 0. The highest BCUT2D eigenvalue weighted by Crippen LogP contribution is 2.48. The summed E-state index contributed by atoms with van der Waals surface area (Å²) in [5, 5.41) is 9.36. The van der Waals surface area contributed by atoms with Crippen LogP contribution in [0.25, 0.3) is 0 Å². The van der Waals surface area contributed by atoms with Crippen molar-refractivity contribution in [1.29, 1.82) is 5.26 Å². The van der Waals surface area contributed by atoms with Crippen molar-refractivity contribution in [1.82, 2.24) is 14.7 Å². The van der Waals surface area contributed by atoms with Crippen LogP contribution in [0.15, 0.2) is 24.3 Å². The lowest BCUT2D eigenvalue weighted by molar-refractivity contribution is -0.141. The van der Waals surface area contributed by atoms with E-state index in [4.69, 9.17) is 5.73 Å². The average Bonchev–Trinajstić information content (AvgIpc) is 3.10. The molecule has 8 heteroatoms. The van der Waals surface area contributed by atoms with Crippen molar-refractivity contribution in [3.63, 3.8) is 0 Å². The molecule has 3 heterocycles. The molecule has 2 amide bonds. The number of piperidine rings is 1. The van der Waals surface area contributed by atoms with Crippen LogP contribution >= 0.6 is 0 Å². The number of hydrogen-bond acceptors (Lipinski definition) is 5. The molecule has 31 heavy (non-hydrogen) atoms. The molecule has 4 aliphatic rings. The Morgan fingerprint density at radius 1 is 1.29 bits per heavy atom. The minimum atomic E-state index is -0.727. The van der Waals surface area contributed by atoms with Crippen molar-refractivity contribution in [3.8, 4) is 6.07 Å². The lowest BCUT2D eigenvalue weighted by atomic mass is 10.0. The third kappa shape index (κ3) is 3.31. The lowest BCUT2D eigenvalue weighted by Crippen LogP contribution is -2.57. The number of hydrogen-bond donors (Lipinski definition) is 1. The summed E-state index contributed by atoms with van der Waals surface area (Å²) in [6.07, 6.45) is 3.21. The Labute approximate surface area is 181 Å². The first-order valence-corrected chi connectivity index (χ1v) is 11.2. The Kier molecular flexibility index (Phi) is 4.98. The van der Waals surface area contributed by atoms with Gasteiger partial charge in [-0.25, -0.2) is 4.39 Å². The predicted octanol–water partition coefficient (Wildman–Crippen LogP) is 1.40. The van der Waals surface area contributed by atoms with Gasteiger partial charge in [-0.3, -0.25) is 14.5 Å². The molecule has 7 atom stereocenters. The first-order chi connectivity index (χ1) is 14.9. The molecule has 0 spiro atoms. The number of piperazine rings is 1. The van der Waals surface area contributed by atoms with E-state index >= 15 is 0 Å². The molecule has 7 nitrogen and oxygen atoms in total. The maximum atomic E-state index is 13.3. The van der Waals surface area contributed by atoms with E-state index < -0.39 is 6.04 Å². The number of amides is 2. The van der Waals surface area contributed by atoms with Gasteiger partial charge in [0.25, 0.3) is 0 Å². The molecule has 3 aliphatic heterocycles. The van der Waals surface area contributed by atoms with Crippen LogP contribution in [0, 0.1) is 23.1 Å². The Morgan fingerprint density at radius 3 is 2.68 bits per heavy atom. The fourth-order valence-corrected chi connectivity index (χ4v) is 5.99. The van der Waals surface area contributed by atoms with Gasteiger partial charge in [-0.05, 0) is 49.3 Å². The summed E-state index contributed by atoms with van der Waals surface area (Å²) in [5.74, 6) is 0.0646. The van der Waals surface area contributed by atoms with E-state index in [-0.39, 0.29) is 47.8 Å². The highest BCUT2D eigenvalue weighted by Gasteiger charge is 2.56. The van der Waals surface area contributed by atoms with Gasteiger partial charge in [0.1, 0.15) is 11.9 Å². The molecule has 1 aromatic rings. The zero-order valence-electron chi connectivity index (χ0n) is 17.7. The topological polar surface area (TPSA) is 93.7 Å². The summed E-state index contributed by atoms with van der Waals surface area (Å²) in [6, 6.07) is 7.42. The number of benzene rings is 1. The SMILES string of the molecule is CC[C@H](c1ccc(F)cc1)N1C(=O)[C@@H]2C[C@H]1CN2C[C@H](N)C(=O)N1C2C[C@H]2C[C@H]1C#N. The Bertz CT molecular complexity index is 931. The normalized spacial score (nSPS) is 33.4. The first-order valence-electron chi connectivity index (χ1n) is 11.2. The molecule has 1 aromatic carbocycles. The first kappa shape index (κ1) is 20.4. The number of nitrogens with zero attached hydrogens (tertiary/aromatic N) is 4. The fraction of sp³-hybridized carbons (Fsp3) is 0.609. The molecule has 3 saturated heterocycles. The van der Waals surface area contributed by atoms with Gasteiger partial charge in [0.05, 0.1) is 24.2 Å². The molecular formula is C23H28FN5O2. The van der Waals surface area contributed by atoms with Gasteiger partial charge >= 0.3 is 0 Å². The Hall–Kier alpha value is -2.50. The molecule has 1 saturated carbocycles. The number of halogens is 1. The van der Waals surface area contributed by atoms with Crippen molar-refractivity contribution >= 4 is 11.8 Å². The summed E-state index contributed by atoms with van der Waals surface area (Å²) in [6.45, 7) is 3.05. The largest absolute Gasteiger partial charge is 0.330 e. The minimum absolute atomic E-state index is 0.0606. The number of nitrogens with two attached hydrogens (primary N) is 1. The average molecular weight is 426 g/mol. The number of nitriles is 1. The summed E-state index contributed by atoms with van der Waals surface area (Å²) in [7, 11) is 0. The second kappa shape index (κ2) is 7.57. The van der Waals surface area contributed by atoms with Gasteiger partial charge in [-0.15, -0.1) is 0 Å². The van der Waals surface area contributed by atoms with E-state index in [1.165, 1.54) is 12.1 Å². The summed E-state index contributed by atoms with van der Waals surface area (Å²) < 4.78 is 13.3. The number of likely N-dealkylation sites (tertiary alicyclic amines) is 3. The molecule has 4 fully saturated rings. The number of rotatable bonds is 6. The second-order valence-electron chi connectivity index (χ2n) is 9.38. The van der Waals surface area contributed by atoms with Crippen LogP contribution < -0.4 is 5.73 Å². The standard InChI is InChI=1S/C23H28FN5O2/c1-2-19(13-3-5-15(24)6-4-13)29-17-9-21(23(29)31)27(11-17)12-18(26)22(30)28-16(10-25)7-14-8-20(14)28/h3-6,14,16-21H,2,7-9,11-12,26H2,1H3/t14-,16+,17+,18+,19-,20?,21+/m1/s1. The summed E-state index contributed by atoms with van der Waals surface area (Å²) in [4.78, 5) is 31.8. The molecule has 1 unspecified atom stereocenters. The van der Waals surface area contributed by atoms with E-state index in [1.807, 2.05) is 16.7 Å². The molecule has 1 aliphatic carbocycles. The third-order valence-electron chi connectivity index (χ3n) is 7.55. The highest BCUT2D eigenvalue weighted by molar-refractivity contribution is 5.87. The van der Waals surface area contributed by atoms with Gasteiger partial charge < -0.3 is 15.5 Å². The van der Waals surface area contributed by atoms with Crippen LogP contribution in [0.5, 0.6) is 0 Å². The van der Waals surface area contributed by atoms with Crippen LogP contribution in [0.2, 0.25) is 0 Å². The van der Waals surface area contributed by atoms with E-state index in [1.54, 1.807) is 17.0 Å². The Balaban J connectivity index is 1.25. The summed E-state index contributed by atoms with van der Waals surface area (Å²) in [5.41, 5.74) is 7.22. The molecular weight excluding hydrogens is 397 g/mol. The van der Waals surface area contributed by atoms with Gasteiger partial charge in [0, 0.05) is 25.2 Å². The molecule has 2 N–H and O–H groups in total. The van der Waals surface area contributed by atoms with Crippen LogP contribution in [-0.4, -0.2) is 69.8 Å². The maximum absolute atomic E-state index is 13.3. The van der Waals surface area contributed by atoms with Crippen molar-refractivity contribution in [2.45, 2.75) is 68.9 Å². The van der Waals surface area contributed by atoms with Gasteiger partial charge in [0.15, 0.2) is 0 Å².